The van der Waals surface area contributed by atoms with E-state index in [2.05, 4.69) is 0 Å². The first-order valence-corrected chi connectivity index (χ1v) is 8.47. The van der Waals surface area contributed by atoms with Crippen LogP contribution in [0.15, 0.2) is 24.3 Å². The minimum atomic E-state index is 0.0512. The predicted molar refractivity (Wildman–Crippen MR) is 80.4 cm³/mol. The molecule has 0 saturated heterocycles. The maximum absolute atomic E-state index is 9.45. The summed E-state index contributed by atoms with van der Waals surface area (Å²) in [6.45, 7) is 1.03. The van der Waals surface area contributed by atoms with Crippen LogP contribution in [-0.2, 0) is 13.1 Å². The van der Waals surface area contributed by atoms with Crippen LogP contribution < -0.4 is 0 Å². The van der Waals surface area contributed by atoms with Gasteiger partial charge in [-0.3, -0.25) is 9.13 Å². The zero-order chi connectivity index (χ0) is 14.5. The fourth-order valence-electron chi connectivity index (χ4n) is 1.73. The van der Waals surface area contributed by atoms with E-state index in [9.17, 15) is 20.4 Å². The van der Waals surface area contributed by atoms with Gasteiger partial charge in [0.15, 0.2) is 23.5 Å². The van der Waals surface area contributed by atoms with Crippen LogP contribution in [0, 0.1) is 0 Å². The summed E-state index contributed by atoms with van der Waals surface area (Å²) in [5, 5.41) is 37.8. The monoisotopic (exact) mass is 316 g/mol. The number of aromatic nitrogens is 2. The van der Waals surface area contributed by atoms with Crippen molar-refractivity contribution in [2.75, 3.05) is 11.5 Å². The van der Waals surface area contributed by atoms with Crippen LogP contribution in [0.2, 0.25) is 0 Å². The molecule has 0 aliphatic rings. The maximum Gasteiger partial charge on any atom is 0.193 e. The Morgan fingerprint density at radius 3 is 1.25 bits per heavy atom. The first-order valence-electron chi connectivity index (χ1n) is 5.99. The van der Waals surface area contributed by atoms with Gasteiger partial charge in [0, 0.05) is 48.9 Å². The largest absolute Gasteiger partial charge is 0.494 e. The molecule has 0 atom stereocenters. The summed E-state index contributed by atoms with van der Waals surface area (Å²) in [6, 6.07) is 5.80. The molecular formula is C12H16N2O4S2. The molecule has 2 aromatic rings. The van der Waals surface area contributed by atoms with E-state index in [0.29, 0.717) is 13.1 Å². The van der Waals surface area contributed by atoms with Gasteiger partial charge in [0.05, 0.1) is 0 Å². The van der Waals surface area contributed by atoms with E-state index in [4.69, 9.17) is 0 Å². The van der Waals surface area contributed by atoms with Crippen LogP contribution in [0.5, 0.6) is 23.5 Å². The lowest BCUT2D eigenvalue weighted by Crippen LogP contribution is -2.00. The predicted octanol–water partition coefficient (Wildman–Crippen LogP) is 2.19. The Morgan fingerprint density at radius 1 is 0.650 bits per heavy atom. The molecule has 6 nitrogen and oxygen atoms in total. The van der Waals surface area contributed by atoms with Crippen LogP contribution in [0.4, 0.5) is 0 Å². The lowest BCUT2D eigenvalue weighted by atomic mass is 10.6. The fraction of sp³-hybridized carbons (Fsp3) is 0.333. The van der Waals surface area contributed by atoms with Crippen LogP contribution in [0.25, 0.3) is 0 Å². The molecule has 2 rings (SSSR count). The second kappa shape index (κ2) is 6.76. The van der Waals surface area contributed by atoms with E-state index in [1.165, 1.54) is 33.4 Å². The third-order valence-electron chi connectivity index (χ3n) is 2.75. The molecule has 0 aliphatic carbocycles. The Morgan fingerprint density at radius 2 is 0.950 bits per heavy atom. The standard InChI is InChI=1S/C12H16N2O4S2/c15-9-1-2-10(16)13(9)5-7-19-20-8-6-14-11(17)3-4-12(14)18/h1-4,15-18H,5-8H2. The van der Waals surface area contributed by atoms with Crippen molar-refractivity contribution in [3.05, 3.63) is 24.3 Å². The average molecular weight is 316 g/mol. The molecule has 0 aliphatic heterocycles. The van der Waals surface area contributed by atoms with Gasteiger partial charge in [-0.1, -0.05) is 21.6 Å². The van der Waals surface area contributed by atoms with Crippen LogP contribution in [0.1, 0.15) is 0 Å². The van der Waals surface area contributed by atoms with Crippen molar-refractivity contribution < 1.29 is 20.4 Å². The number of hydrogen-bond acceptors (Lipinski definition) is 6. The summed E-state index contributed by atoms with van der Waals surface area (Å²) in [6.07, 6.45) is 0. The van der Waals surface area contributed by atoms with E-state index in [0.717, 1.165) is 11.5 Å². The van der Waals surface area contributed by atoms with Gasteiger partial charge < -0.3 is 20.4 Å². The summed E-state index contributed by atoms with van der Waals surface area (Å²) in [7, 11) is 3.20. The molecule has 0 aromatic carbocycles. The molecule has 0 saturated carbocycles. The number of nitrogens with zero attached hydrogens (tertiary/aromatic N) is 2. The summed E-state index contributed by atoms with van der Waals surface area (Å²) >= 11 is 0. The molecule has 0 fully saturated rings. The van der Waals surface area contributed by atoms with Gasteiger partial charge >= 0.3 is 0 Å². The van der Waals surface area contributed by atoms with Gasteiger partial charge in [0.1, 0.15) is 0 Å². The van der Waals surface area contributed by atoms with Gasteiger partial charge in [-0.05, 0) is 0 Å². The van der Waals surface area contributed by atoms with Gasteiger partial charge in [-0.2, -0.15) is 0 Å². The van der Waals surface area contributed by atoms with Crippen LogP contribution >= 0.6 is 21.6 Å². The highest BCUT2D eigenvalue weighted by Crippen LogP contribution is 2.27. The lowest BCUT2D eigenvalue weighted by Gasteiger charge is -2.07. The Kier molecular flexibility index (Phi) is 5.02. The van der Waals surface area contributed by atoms with E-state index in [-0.39, 0.29) is 23.5 Å². The first kappa shape index (κ1) is 14.9. The molecule has 2 heterocycles. The second-order valence-corrected chi connectivity index (χ2v) is 6.75. The maximum atomic E-state index is 9.45. The molecule has 20 heavy (non-hydrogen) atoms. The van der Waals surface area contributed by atoms with Crippen LogP contribution in [0.3, 0.4) is 0 Å². The zero-order valence-electron chi connectivity index (χ0n) is 10.6. The van der Waals surface area contributed by atoms with Crippen molar-refractivity contribution in [3.63, 3.8) is 0 Å². The topological polar surface area (TPSA) is 90.8 Å². The Labute approximate surface area is 124 Å². The Bertz CT molecular complexity index is 479. The highest BCUT2D eigenvalue weighted by molar-refractivity contribution is 8.76. The molecule has 0 spiro atoms. The molecule has 0 unspecified atom stereocenters. The van der Waals surface area contributed by atoms with Crippen molar-refractivity contribution in [1.82, 2.24) is 9.13 Å². The molecule has 2 aromatic heterocycles. The van der Waals surface area contributed by atoms with E-state index >= 15 is 0 Å². The average Bonchev–Trinajstić information content (AvgIpc) is 2.90. The third kappa shape index (κ3) is 3.51. The Hall–Kier alpha value is -1.54. The van der Waals surface area contributed by atoms with Crippen molar-refractivity contribution >= 4 is 21.6 Å². The SMILES string of the molecule is Oc1ccc(O)n1CCSSCCn1c(O)ccc1O. The van der Waals surface area contributed by atoms with E-state index < -0.39 is 0 Å². The van der Waals surface area contributed by atoms with E-state index in [1.807, 2.05) is 0 Å². The normalized spacial score (nSPS) is 11.0. The summed E-state index contributed by atoms with van der Waals surface area (Å²) < 4.78 is 2.86. The van der Waals surface area contributed by atoms with Gasteiger partial charge in [-0.15, -0.1) is 0 Å². The third-order valence-corrected chi connectivity index (χ3v) is 5.11. The highest BCUT2D eigenvalue weighted by Gasteiger charge is 2.06. The fourth-order valence-corrected chi connectivity index (χ4v) is 3.63. The number of rotatable bonds is 7. The number of aromatic hydroxyl groups is 4. The first-order chi connectivity index (χ1) is 9.59. The van der Waals surface area contributed by atoms with Crippen molar-refractivity contribution in [2.45, 2.75) is 13.1 Å². The zero-order valence-corrected chi connectivity index (χ0v) is 12.3. The molecule has 0 amide bonds. The van der Waals surface area contributed by atoms with Crippen molar-refractivity contribution in [1.29, 1.82) is 0 Å². The molecule has 4 N–H and O–H groups in total. The molecule has 0 bridgehead atoms. The molecular weight excluding hydrogens is 300 g/mol. The van der Waals surface area contributed by atoms with Crippen molar-refractivity contribution in [3.8, 4) is 23.5 Å². The summed E-state index contributed by atoms with van der Waals surface area (Å²) in [4.78, 5) is 0. The highest BCUT2D eigenvalue weighted by atomic mass is 33.1. The van der Waals surface area contributed by atoms with Crippen LogP contribution in [-0.4, -0.2) is 41.1 Å². The smallest absolute Gasteiger partial charge is 0.193 e. The molecule has 8 heteroatoms. The molecule has 0 radical (unpaired) electrons. The van der Waals surface area contributed by atoms with Gasteiger partial charge in [0.25, 0.3) is 0 Å². The summed E-state index contributed by atoms with van der Waals surface area (Å²) in [5.74, 6) is 1.66. The Balaban J connectivity index is 1.65. The number of hydrogen-bond donors (Lipinski definition) is 4. The minimum absolute atomic E-state index is 0.0512. The quantitative estimate of drug-likeness (QED) is 0.462. The van der Waals surface area contributed by atoms with Gasteiger partial charge in [-0.25, -0.2) is 0 Å². The van der Waals surface area contributed by atoms with E-state index in [1.54, 1.807) is 21.6 Å². The lowest BCUT2D eigenvalue weighted by molar-refractivity contribution is 0.373. The molecule has 110 valence electrons. The van der Waals surface area contributed by atoms with Crippen molar-refractivity contribution in [2.24, 2.45) is 0 Å². The summed E-state index contributed by atoms with van der Waals surface area (Å²) in [5.41, 5.74) is 0. The van der Waals surface area contributed by atoms with Gasteiger partial charge in [0.2, 0.25) is 0 Å². The minimum Gasteiger partial charge on any atom is -0.494 e. The second-order valence-electron chi connectivity index (χ2n) is 4.05.